The maximum absolute atomic E-state index is 13.5. The summed E-state index contributed by atoms with van der Waals surface area (Å²) in [6.45, 7) is 6.32. The molecule has 1 atom stereocenters. The van der Waals surface area contributed by atoms with Crippen LogP contribution in [0.4, 0.5) is 0 Å². The molecule has 0 bridgehead atoms. The molecule has 1 saturated carbocycles. The van der Waals surface area contributed by atoms with E-state index in [9.17, 15) is 14.7 Å². The van der Waals surface area contributed by atoms with Gasteiger partial charge in [0.25, 0.3) is 5.91 Å². The maximum Gasteiger partial charge on any atom is 0.251 e. The molecule has 3 aromatic carbocycles. The van der Waals surface area contributed by atoms with Gasteiger partial charge in [-0.2, -0.15) is 0 Å². The number of carbonyl (C=O) groups is 2. The monoisotopic (exact) mass is 517 g/mol. The van der Waals surface area contributed by atoms with Crippen molar-refractivity contribution in [2.45, 2.75) is 57.9 Å². The van der Waals surface area contributed by atoms with Crippen molar-refractivity contribution >= 4 is 11.7 Å². The van der Waals surface area contributed by atoms with E-state index in [0.29, 0.717) is 23.7 Å². The van der Waals surface area contributed by atoms with Gasteiger partial charge in [-0.15, -0.1) is 0 Å². The highest BCUT2D eigenvalue weighted by molar-refractivity contribution is 5.96. The molecule has 1 heterocycles. The van der Waals surface area contributed by atoms with Crippen LogP contribution in [0.1, 0.15) is 63.0 Å². The number of ether oxygens (including phenoxy) is 2. The number of ketones is 1. The Kier molecular flexibility index (Phi) is 7.26. The minimum absolute atomic E-state index is 0. The van der Waals surface area contributed by atoms with Crippen molar-refractivity contribution in [3.8, 4) is 22.6 Å². The molecule has 0 saturated heterocycles. The second-order valence-corrected chi connectivity index (χ2v) is 11.0. The summed E-state index contributed by atoms with van der Waals surface area (Å²) >= 11 is 0. The van der Waals surface area contributed by atoms with Crippen LogP contribution in [0.25, 0.3) is 11.1 Å². The fourth-order valence-electron chi connectivity index (χ4n) is 5.31. The van der Waals surface area contributed by atoms with Crippen molar-refractivity contribution < 1.29 is 27.0 Å². The number of nitrogens with one attached hydrogen (secondary N) is 1. The van der Waals surface area contributed by atoms with E-state index in [-0.39, 0.29) is 34.0 Å². The highest BCUT2D eigenvalue weighted by atomic mass is 16.7. The second kappa shape index (κ2) is 10.6. The Labute approximate surface area is 227 Å². The molecule has 1 aliphatic carbocycles. The van der Waals surface area contributed by atoms with Gasteiger partial charge in [0.1, 0.15) is 5.78 Å². The van der Waals surface area contributed by atoms with Crippen molar-refractivity contribution in [1.82, 2.24) is 5.32 Å². The smallest absolute Gasteiger partial charge is 0.251 e. The molecule has 6 nitrogen and oxygen atoms in total. The van der Waals surface area contributed by atoms with Crippen LogP contribution in [0.5, 0.6) is 11.5 Å². The predicted octanol–water partition coefficient (Wildman–Crippen LogP) is 5.86. The van der Waals surface area contributed by atoms with E-state index in [2.05, 4.69) is 31.3 Å². The lowest BCUT2D eigenvalue weighted by atomic mass is 9.87. The van der Waals surface area contributed by atoms with Crippen molar-refractivity contribution in [3.63, 3.8) is 0 Å². The van der Waals surface area contributed by atoms with Crippen LogP contribution in [-0.4, -0.2) is 36.2 Å². The number of carbonyl (C=O) groups excluding carboxylic acids is 2. The van der Waals surface area contributed by atoms with Gasteiger partial charge < -0.3 is 19.9 Å². The lowest BCUT2D eigenvalue weighted by Crippen LogP contribution is -2.38. The summed E-state index contributed by atoms with van der Waals surface area (Å²) in [5, 5.41) is 12.5. The quantitative estimate of drug-likeness (QED) is 0.352. The maximum atomic E-state index is 13.5. The molecule has 1 fully saturated rings. The van der Waals surface area contributed by atoms with E-state index in [0.717, 1.165) is 52.8 Å². The van der Waals surface area contributed by atoms with Crippen LogP contribution in [0.3, 0.4) is 0 Å². The standard InChI is InChI=1S/C32H35NO5.2H2/c1-20(2)14-26(18-34)33-31(36)24-8-6-23(7-9-24)27-15-22(5-4-21(27)3)16-30(35)32(12-13-32)25-10-11-28-29(17-25)38-19-37-28;;/h4-11,15,17,20,26,34H,12-14,16,18-19H2,1-3H3,(H,33,36);2*1H/t26-;;/m0../s1. The number of Topliss-reactive ketones (excluding diaryl/α,β-unsaturated/α-hetero) is 1. The summed E-state index contributed by atoms with van der Waals surface area (Å²) in [5.41, 5.74) is 5.23. The van der Waals surface area contributed by atoms with Crippen molar-refractivity contribution in [3.05, 3.63) is 82.9 Å². The molecule has 0 unspecified atom stereocenters. The number of amides is 1. The van der Waals surface area contributed by atoms with Gasteiger partial charge in [0.15, 0.2) is 11.5 Å². The summed E-state index contributed by atoms with van der Waals surface area (Å²) in [7, 11) is 0. The molecule has 0 radical (unpaired) electrons. The average Bonchev–Trinajstić information content (AvgIpc) is 3.59. The Balaban J connectivity index is 0.00000220. The number of hydrogen-bond donors (Lipinski definition) is 2. The van der Waals surface area contributed by atoms with Crippen LogP contribution >= 0.6 is 0 Å². The molecular weight excluding hydrogens is 478 g/mol. The number of aryl methyl sites for hydroxylation is 1. The van der Waals surface area contributed by atoms with E-state index < -0.39 is 5.41 Å². The first-order chi connectivity index (χ1) is 18.3. The second-order valence-electron chi connectivity index (χ2n) is 11.0. The Morgan fingerprint density at radius 3 is 2.42 bits per heavy atom. The van der Waals surface area contributed by atoms with Crippen LogP contribution in [-0.2, 0) is 16.6 Å². The van der Waals surface area contributed by atoms with Crippen LogP contribution in [0.2, 0.25) is 0 Å². The van der Waals surface area contributed by atoms with Gasteiger partial charge in [0.05, 0.1) is 18.1 Å². The van der Waals surface area contributed by atoms with Gasteiger partial charge >= 0.3 is 0 Å². The fraction of sp³-hybridized carbons (Fsp3) is 0.375. The summed E-state index contributed by atoms with van der Waals surface area (Å²) in [6, 6.07) is 19.2. The molecule has 5 rings (SSSR count). The fourth-order valence-corrected chi connectivity index (χ4v) is 5.31. The van der Waals surface area contributed by atoms with Crippen LogP contribution < -0.4 is 14.8 Å². The summed E-state index contributed by atoms with van der Waals surface area (Å²) < 4.78 is 11.0. The number of aliphatic hydroxyl groups is 1. The highest BCUT2D eigenvalue weighted by Gasteiger charge is 2.50. The Bertz CT molecular complexity index is 1350. The number of rotatable bonds is 10. The molecule has 6 heteroatoms. The highest BCUT2D eigenvalue weighted by Crippen LogP contribution is 2.51. The van der Waals surface area contributed by atoms with Crippen molar-refractivity contribution in [1.29, 1.82) is 0 Å². The molecule has 38 heavy (non-hydrogen) atoms. The molecule has 1 amide bonds. The Hall–Kier alpha value is -3.64. The lowest BCUT2D eigenvalue weighted by molar-refractivity contribution is -0.120. The summed E-state index contributed by atoms with van der Waals surface area (Å²) in [4.78, 5) is 26.2. The van der Waals surface area contributed by atoms with Crippen LogP contribution in [0, 0.1) is 12.8 Å². The number of benzene rings is 3. The normalized spacial score (nSPS) is 15.8. The Morgan fingerprint density at radius 1 is 1.00 bits per heavy atom. The zero-order chi connectivity index (χ0) is 26.9. The van der Waals surface area contributed by atoms with Crippen LogP contribution in [0.15, 0.2) is 60.7 Å². The van der Waals surface area contributed by atoms with E-state index >= 15 is 0 Å². The molecule has 2 N–H and O–H groups in total. The topological polar surface area (TPSA) is 84.9 Å². The van der Waals surface area contributed by atoms with Gasteiger partial charge in [-0.05, 0) is 84.2 Å². The van der Waals surface area contributed by atoms with E-state index in [4.69, 9.17) is 9.47 Å². The minimum Gasteiger partial charge on any atom is -0.454 e. The Morgan fingerprint density at radius 2 is 1.74 bits per heavy atom. The van der Waals surface area contributed by atoms with Gasteiger partial charge in [-0.25, -0.2) is 0 Å². The zero-order valence-corrected chi connectivity index (χ0v) is 22.3. The number of fused-ring (bicyclic) bond motifs is 1. The first kappa shape index (κ1) is 26.0. The predicted molar refractivity (Wildman–Crippen MR) is 151 cm³/mol. The summed E-state index contributed by atoms with van der Waals surface area (Å²) in [5.74, 6) is 1.85. The third-order valence-corrected chi connectivity index (χ3v) is 7.65. The van der Waals surface area contributed by atoms with Crippen molar-refractivity contribution in [2.75, 3.05) is 13.4 Å². The SMILES string of the molecule is Cc1ccc(CC(=O)C2(c3ccc4c(c3)OCO4)CC2)cc1-c1ccc(C(=O)N[C@H](CO)CC(C)C)cc1.[HH].[HH]. The molecule has 3 aromatic rings. The first-order valence-corrected chi connectivity index (χ1v) is 13.3. The van der Waals surface area contributed by atoms with E-state index in [1.807, 2.05) is 55.5 Å². The lowest BCUT2D eigenvalue weighted by Gasteiger charge is -2.18. The number of aliphatic hydroxyl groups excluding tert-OH is 1. The average molecular weight is 518 g/mol. The molecule has 0 spiro atoms. The largest absolute Gasteiger partial charge is 0.454 e. The first-order valence-electron chi connectivity index (χ1n) is 13.3. The molecule has 0 aromatic heterocycles. The third-order valence-electron chi connectivity index (χ3n) is 7.65. The van der Waals surface area contributed by atoms with Crippen molar-refractivity contribution in [2.24, 2.45) is 5.92 Å². The molecule has 1 aliphatic heterocycles. The van der Waals surface area contributed by atoms with E-state index in [1.165, 1.54) is 0 Å². The molecule has 202 valence electrons. The van der Waals surface area contributed by atoms with Gasteiger partial charge in [-0.1, -0.05) is 50.2 Å². The summed E-state index contributed by atoms with van der Waals surface area (Å²) in [6.07, 6.45) is 2.78. The molecule has 2 aliphatic rings. The van der Waals surface area contributed by atoms with Gasteiger partial charge in [-0.3, -0.25) is 9.59 Å². The number of hydrogen-bond acceptors (Lipinski definition) is 5. The molecular formula is C32H39NO5. The van der Waals surface area contributed by atoms with Gasteiger partial charge in [0, 0.05) is 14.8 Å². The minimum atomic E-state index is -0.441. The van der Waals surface area contributed by atoms with Gasteiger partial charge in [0.2, 0.25) is 6.79 Å². The zero-order valence-electron chi connectivity index (χ0n) is 22.3. The third kappa shape index (κ3) is 5.32. The van der Waals surface area contributed by atoms with E-state index in [1.54, 1.807) is 0 Å².